The molecule has 2 aromatic heterocycles. The average Bonchev–Trinajstić information content (AvgIpc) is 3.04. The van der Waals surface area contributed by atoms with Crippen LogP contribution in [0.15, 0.2) is 59.1 Å². The Hall–Kier alpha value is -3.54. The lowest BCUT2D eigenvalue weighted by atomic mass is 10.0. The molecule has 0 atom stereocenters. The number of nitrogens with zero attached hydrogens (tertiary/aromatic N) is 2. The molecule has 1 N–H and O–H groups in total. The minimum atomic E-state index is -0.503. The minimum Gasteiger partial charge on any atom is -0.335 e. The first-order valence-corrected chi connectivity index (χ1v) is 8.43. The van der Waals surface area contributed by atoms with Crippen molar-refractivity contribution in [2.24, 2.45) is 0 Å². The molecule has 4 rings (SSSR count). The molecule has 6 heteroatoms. The fourth-order valence-electron chi connectivity index (χ4n) is 2.90. The monoisotopic (exact) mass is 361 g/mol. The van der Waals surface area contributed by atoms with E-state index in [1.807, 2.05) is 31.2 Å². The van der Waals surface area contributed by atoms with Gasteiger partial charge in [-0.05, 0) is 32.0 Å². The number of amides is 1. The Morgan fingerprint density at radius 1 is 1.07 bits per heavy atom. The lowest BCUT2D eigenvalue weighted by molar-refractivity contribution is 0.102. The summed E-state index contributed by atoms with van der Waals surface area (Å²) in [5, 5.41) is 7.05. The van der Waals surface area contributed by atoms with Crippen LogP contribution in [0.2, 0.25) is 0 Å². The molecule has 5 nitrogen and oxygen atoms in total. The normalized spacial score (nSPS) is 10.9. The zero-order valence-electron chi connectivity index (χ0n) is 14.8. The first-order chi connectivity index (χ1) is 13.0. The van der Waals surface area contributed by atoms with Crippen molar-refractivity contribution in [1.29, 1.82) is 0 Å². The van der Waals surface area contributed by atoms with Gasteiger partial charge < -0.3 is 9.84 Å². The van der Waals surface area contributed by atoms with Gasteiger partial charge >= 0.3 is 0 Å². The van der Waals surface area contributed by atoms with Gasteiger partial charge in [-0.25, -0.2) is 9.37 Å². The Morgan fingerprint density at radius 2 is 1.81 bits per heavy atom. The highest BCUT2D eigenvalue weighted by Gasteiger charge is 2.20. The van der Waals surface area contributed by atoms with E-state index < -0.39 is 11.7 Å². The average molecular weight is 361 g/mol. The van der Waals surface area contributed by atoms with Gasteiger partial charge in [0.1, 0.15) is 5.82 Å². The molecule has 0 saturated heterocycles. The molecule has 2 heterocycles. The van der Waals surface area contributed by atoms with Crippen LogP contribution in [0.3, 0.4) is 0 Å². The third-order valence-electron chi connectivity index (χ3n) is 4.33. The van der Waals surface area contributed by atoms with Crippen LogP contribution in [0.4, 0.5) is 10.1 Å². The Labute approximate surface area is 154 Å². The van der Waals surface area contributed by atoms with Gasteiger partial charge in [-0.15, -0.1) is 0 Å². The molecule has 0 fully saturated rings. The summed E-state index contributed by atoms with van der Waals surface area (Å²) >= 11 is 0. The summed E-state index contributed by atoms with van der Waals surface area (Å²) in [5.74, 6) is -0.955. The van der Waals surface area contributed by atoms with Crippen LogP contribution in [0, 0.1) is 19.7 Å². The molecule has 1 amide bonds. The van der Waals surface area contributed by atoms with Gasteiger partial charge in [-0.1, -0.05) is 47.1 Å². The summed E-state index contributed by atoms with van der Waals surface area (Å²) in [6, 6.07) is 15.5. The second kappa shape index (κ2) is 6.64. The Bertz CT molecular complexity index is 1150. The van der Waals surface area contributed by atoms with Crippen molar-refractivity contribution in [3.8, 4) is 11.3 Å². The Morgan fingerprint density at radius 3 is 2.56 bits per heavy atom. The number of rotatable bonds is 3. The van der Waals surface area contributed by atoms with Gasteiger partial charge in [0.25, 0.3) is 11.6 Å². The SMILES string of the molecule is Cc1ccc(-c2cc(C(=O)Nc3ccccc3F)c3c(C)noc3n2)cc1. The highest BCUT2D eigenvalue weighted by molar-refractivity contribution is 6.13. The predicted octanol–water partition coefficient (Wildman–Crippen LogP) is 4.90. The molecular weight excluding hydrogens is 345 g/mol. The quantitative estimate of drug-likeness (QED) is 0.564. The second-order valence-corrected chi connectivity index (χ2v) is 6.30. The maximum absolute atomic E-state index is 13.9. The van der Waals surface area contributed by atoms with Crippen molar-refractivity contribution in [1.82, 2.24) is 10.1 Å². The van der Waals surface area contributed by atoms with Gasteiger partial charge in [-0.2, -0.15) is 0 Å². The molecule has 4 aromatic rings. The number of aromatic nitrogens is 2. The number of carbonyl (C=O) groups is 1. The molecule has 2 aromatic carbocycles. The van der Waals surface area contributed by atoms with Crippen LogP contribution in [0.5, 0.6) is 0 Å². The third-order valence-corrected chi connectivity index (χ3v) is 4.33. The standard InChI is InChI=1S/C21H16FN3O2/c1-12-7-9-14(10-8-12)18-11-15(19-13(2)25-27-21(19)24-18)20(26)23-17-6-4-3-5-16(17)22/h3-11H,1-2H3,(H,23,26). The van der Waals surface area contributed by atoms with Crippen molar-refractivity contribution in [2.75, 3.05) is 5.32 Å². The first-order valence-electron chi connectivity index (χ1n) is 8.43. The summed E-state index contributed by atoms with van der Waals surface area (Å²) in [4.78, 5) is 17.4. The molecular formula is C21H16FN3O2. The maximum atomic E-state index is 13.9. The molecule has 27 heavy (non-hydrogen) atoms. The minimum absolute atomic E-state index is 0.110. The fraction of sp³-hybridized carbons (Fsp3) is 0.0952. The number of benzene rings is 2. The molecule has 0 aliphatic rings. The molecule has 0 unspecified atom stereocenters. The van der Waals surface area contributed by atoms with E-state index in [1.54, 1.807) is 25.1 Å². The summed E-state index contributed by atoms with van der Waals surface area (Å²) < 4.78 is 19.2. The number of halogens is 1. The smallest absolute Gasteiger partial charge is 0.259 e. The maximum Gasteiger partial charge on any atom is 0.259 e. The van der Waals surface area contributed by atoms with Crippen molar-refractivity contribution in [3.63, 3.8) is 0 Å². The highest BCUT2D eigenvalue weighted by atomic mass is 19.1. The van der Waals surface area contributed by atoms with E-state index in [0.717, 1.165) is 11.1 Å². The third kappa shape index (κ3) is 3.17. The Balaban J connectivity index is 1.83. The summed E-state index contributed by atoms with van der Waals surface area (Å²) in [6.45, 7) is 3.73. The number of aryl methyl sites for hydroxylation is 2. The molecule has 0 saturated carbocycles. The van der Waals surface area contributed by atoms with Crippen LogP contribution < -0.4 is 5.32 Å². The summed E-state index contributed by atoms with van der Waals surface area (Å²) in [5.41, 5.74) is 3.80. The van der Waals surface area contributed by atoms with Crippen LogP contribution in [-0.2, 0) is 0 Å². The van der Waals surface area contributed by atoms with Crippen molar-refractivity contribution >= 4 is 22.7 Å². The number of para-hydroxylation sites is 1. The zero-order chi connectivity index (χ0) is 19.0. The molecule has 0 aliphatic heterocycles. The predicted molar refractivity (Wildman–Crippen MR) is 101 cm³/mol. The number of fused-ring (bicyclic) bond motifs is 1. The van der Waals surface area contributed by atoms with Crippen LogP contribution in [0.25, 0.3) is 22.4 Å². The second-order valence-electron chi connectivity index (χ2n) is 6.30. The van der Waals surface area contributed by atoms with E-state index in [0.29, 0.717) is 22.3 Å². The van der Waals surface area contributed by atoms with E-state index >= 15 is 0 Å². The van der Waals surface area contributed by atoms with Gasteiger partial charge in [0.2, 0.25) is 0 Å². The summed E-state index contributed by atoms with van der Waals surface area (Å²) in [7, 11) is 0. The van der Waals surface area contributed by atoms with E-state index in [9.17, 15) is 9.18 Å². The number of nitrogens with one attached hydrogen (secondary N) is 1. The lowest BCUT2D eigenvalue weighted by Crippen LogP contribution is -2.14. The highest BCUT2D eigenvalue weighted by Crippen LogP contribution is 2.28. The number of pyridine rings is 1. The van der Waals surface area contributed by atoms with Gasteiger partial charge in [0, 0.05) is 5.56 Å². The first kappa shape index (κ1) is 16.9. The topological polar surface area (TPSA) is 68.0 Å². The Kier molecular flexibility index (Phi) is 4.16. The molecule has 0 spiro atoms. The molecule has 0 bridgehead atoms. The largest absolute Gasteiger partial charge is 0.335 e. The van der Waals surface area contributed by atoms with E-state index in [4.69, 9.17) is 4.52 Å². The van der Waals surface area contributed by atoms with Gasteiger partial charge in [-0.3, -0.25) is 4.79 Å². The lowest BCUT2D eigenvalue weighted by Gasteiger charge is -2.09. The zero-order valence-corrected chi connectivity index (χ0v) is 14.8. The van der Waals surface area contributed by atoms with E-state index in [2.05, 4.69) is 15.5 Å². The number of hydrogen-bond acceptors (Lipinski definition) is 4. The number of carbonyl (C=O) groups excluding carboxylic acids is 1. The van der Waals surface area contributed by atoms with Crippen LogP contribution in [0.1, 0.15) is 21.6 Å². The number of anilines is 1. The molecule has 0 radical (unpaired) electrons. The van der Waals surface area contributed by atoms with Gasteiger partial charge in [0.15, 0.2) is 0 Å². The van der Waals surface area contributed by atoms with Crippen LogP contribution >= 0.6 is 0 Å². The molecule has 134 valence electrons. The van der Waals surface area contributed by atoms with Crippen molar-refractivity contribution < 1.29 is 13.7 Å². The van der Waals surface area contributed by atoms with Crippen molar-refractivity contribution in [3.05, 3.63) is 77.2 Å². The fourth-order valence-corrected chi connectivity index (χ4v) is 2.90. The number of hydrogen-bond donors (Lipinski definition) is 1. The van der Waals surface area contributed by atoms with Crippen molar-refractivity contribution in [2.45, 2.75) is 13.8 Å². The van der Waals surface area contributed by atoms with E-state index in [-0.39, 0.29) is 11.4 Å². The summed E-state index contributed by atoms with van der Waals surface area (Å²) in [6.07, 6.45) is 0. The van der Waals surface area contributed by atoms with Gasteiger partial charge in [0.05, 0.1) is 28.0 Å². The molecule has 0 aliphatic carbocycles. The van der Waals surface area contributed by atoms with E-state index in [1.165, 1.54) is 12.1 Å². The van der Waals surface area contributed by atoms with Crippen LogP contribution in [-0.4, -0.2) is 16.0 Å².